The highest BCUT2D eigenvalue weighted by Gasteiger charge is 2.23. The van der Waals surface area contributed by atoms with Crippen molar-refractivity contribution >= 4 is 17.4 Å². The van der Waals surface area contributed by atoms with Crippen LogP contribution >= 0.6 is 0 Å². The third-order valence-electron chi connectivity index (χ3n) is 3.76. The molecule has 21 heavy (non-hydrogen) atoms. The second kappa shape index (κ2) is 5.47. The molecule has 1 aliphatic rings. The van der Waals surface area contributed by atoms with Crippen molar-refractivity contribution in [3.8, 4) is 0 Å². The number of hydrogen-bond donors (Lipinski definition) is 2. The van der Waals surface area contributed by atoms with Gasteiger partial charge >= 0.3 is 0 Å². The number of rotatable bonds is 2. The lowest BCUT2D eigenvalue weighted by atomic mass is 10.2. The van der Waals surface area contributed by atoms with Crippen LogP contribution in [0, 0.1) is 6.92 Å². The molecule has 2 heterocycles. The molecule has 0 aliphatic carbocycles. The number of nitrogens with two attached hydrogens (primary N) is 1. The van der Waals surface area contributed by atoms with Gasteiger partial charge in [-0.2, -0.15) is 5.10 Å². The van der Waals surface area contributed by atoms with Gasteiger partial charge in [-0.3, -0.25) is 9.89 Å². The number of H-pyrrole nitrogens is 1. The molecule has 0 unspecified atom stereocenters. The Labute approximate surface area is 123 Å². The second-order valence-corrected chi connectivity index (χ2v) is 5.32. The van der Waals surface area contributed by atoms with E-state index >= 15 is 0 Å². The van der Waals surface area contributed by atoms with Gasteiger partial charge in [0, 0.05) is 37.9 Å². The van der Waals surface area contributed by atoms with Gasteiger partial charge in [0.2, 0.25) is 0 Å². The summed E-state index contributed by atoms with van der Waals surface area (Å²) in [6, 6.07) is 10.0. The molecule has 1 aromatic heterocycles. The van der Waals surface area contributed by atoms with Crippen LogP contribution in [0.4, 0.5) is 11.5 Å². The topological polar surface area (TPSA) is 78.2 Å². The summed E-state index contributed by atoms with van der Waals surface area (Å²) >= 11 is 0. The summed E-state index contributed by atoms with van der Waals surface area (Å²) in [5, 5.41) is 6.47. The van der Waals surface area contributed by atoms with Crippen LogP contribution in [-0.2, 0) is 0 Å². The van der Waals surface area contributed by atoms with E-state index in [1.54, 1.807) is 6.07 Å². The van der Waals surface area contributed by atoms with Gasteiger partial charge in [0.1, 0.15) is 11.5 Å². The predicted molar refractivity (Wildman–Crippen MR) is 82.3 cm³/mol. The van der Waals surface area contributed by atoms with E-state index in [1.165, 1.54) is 11.3 Å². The SMILES string of the molecule is Cc1cccc(N2CCN(C(=O)c3cc(N)n[nH]3)CC2)c1. The smallest absolute Gasteiger partial charge is 0.272 e. The molecule has 0 saturated carbocycles. The number of nitrogens with zero attached hydrogens (tertiary/aromatic N) is 3. The molecule has 0 radical (unpaired) electrons. The molecule has 110 valence electrons. The van der Waals surface area contributed by atoms with Crippen molar-refractivity contribution in [3.63, 3.8) is 0 Å². The lowest BCUT2D eigenvalue weighted by Gasteiger charge is -2.36. The van der Waals surface area contributed by atoms with Crippen LogP contribution in [0.2, 0.25) is 0 Å². The number of aromatic amines is 1. The maximum Gasteiger partial charge on any atom is 0.272 e. The number of hydrogen-bond acceptors (Lipinski definition) is 4. The van der Waals surface area contributed by atoms with E-state index in [4.69, 9.17) is 5.73 Å². The molecule has 6 heteroatoms. The van der Waals surface area contributed by atoms with Crippen molar-refractivity contribution in [2.45, 2.75) is 6.92 Å². The third kappa shape index (κ3) is 2.84. The summed E-state index contributed by atoms with van der Waals surface area (Å²) in [5.41, 5.74) is 8.46. The maximum atomic E-state index is 12.3. The van der Waals surface area contributed by atoms with Gasteiger partial charge in [-0.05, 0) is 24.6 Å². The van der Waals surface area contributed by atoms with Crippen LogP contribution in [0.3, 0.4) is 0 Å². The number of nitrogen functional groups attached to an aromatic ring is 1. The number of amides is 1. The van der Waals surface area contributed by atoms with Crippen molar-refractivity contribution in [2.75, 3.05) is 36.8 Å². The summed E-state index contributed by atoms with van der Waals surface area (Å²) in [6.45, 7) is 5.15. The van der Waals surface area contributed by atoms with Crippen molar-refractivity contribution in [1.82, 2.24) is 15.1 Å². The van der Waals surface area contributed by atoms with Gasteiger partial charge < -0.3 is 15.5 Å². The van der Waals surface area contributed by atoms with Crippen LogP contribution in [-0.4, -0.2) is 47.2 Å². The van der Waals surface area contributed by atoms with E-state index in [1.807, 2.05) is 4.90 Å². The Morgan fingerprint density at radius 3 is 2.62 bits per heavy atom. The van der Waals surface area contributed by atoms with E-state index in [-0.39, 0.29) is 5.91 Å². The third-order valence-corrected chi connectivity index (χ3v) is 3.76. The number of aromatic nitrogens is 2. The molecular weight excluding hydrogens is 266 g/mol. The first-order valence-corrected chi connectivity index (χ1v) is 7.05. The zero-order chi connectivity index (χ0) is 14.8. The molecule has 0 spiro atoms. The minimum Gasteiger partial charge on any atom is -0.382 e. The Morgan fingerprint density at radius 1 is 1.24 bits per heavy atom. The average Bonchev–Trinajstić information content (AvgIpc) is 2.93. The van der Waals surface area contributed by atoms with Crippen molar-refractivity contribution in [3.05, 3.63) is 41.6 Å². The van der Waals surface area contributed by atoms with Gasteiger partial charge in [0.15, 0.2) is 0 Å². The molecule has 0 atom stereocenters. The summed E-state index contributed by atoms with van der Waals surface area (Å²) in [7, 11) is 0. The first-order valence-electron chi connectivity index (χ1n) is 7.05. The Bertz CT molecular complexity index is 643. The largest absolute Gasteiger partial charge is 0.382 e. The van der Waals surface area contributed by atoms with Gasteiger partial charge in [0.05, 0.1) is 0 Å². The van der Waals surface area contributed by atoms with E-state index in [0.29, 0.717) is 24.6 Å². The van der Waals surface area contributed by atoms with Crippen LogP contribution in [0.5, 0.6) is 0 Å². The average molecular weight is 285 g/mol. The first kappa shape index (κ1) is 13.5. The van der Waals surface area contributed by atoms with Crippen LogP contribution < -0.4 is 10.6 Å². The fraction of sp³-hybridized carbons (Fsp3) is 0.333. The molecule has 1 aromatic carbocycles. The molecule has 3 rings (SSSR count). The zero-order valence-corrected chi connectivity index (χ0v) is 12.0. The molecule has 3 N–H and O–H groups in total. The van der Waals surface area contributed by atoms with E-state index in [0.717, 1.165) is 13.1 Å². The van der Waals surface area contributed by atoms with E-state index < -0.39 is 0 Å². The lowest BCUT2D eigenvalue weighted by Crippen LogP contribution is -2.48. The van der Waals surface area contributed by atoms with Gasteiger partial charge in [0.25, 0.3) is 5.91 Å². The number of piperazine rings is 1. The summed E-state index contributed by atoms with van der Waals surface area (Å²) in [6.07, 6.45) is 0. The number of carbonyl (C=O) groups excluding carboxylic acids is 1. The molecule has 1 fully saturated rings. The van der Waals surface area contributed by atoms with Gasteiger partial charge in [-0.25, -0.2) is 0 Å². The Balaban J connectivity index is 1.64. The summed E-state index contributed by atoms with van der Waals surface area (Å²) < 4.78 is 0. The first-order chi connectivity index (χ1) is 10.1. The summed E-state index contributed by atoms with van der Waals surface area (Å²) in [5.74, 6) is 0.305. The minimum atomic E-state index is -0.0388. The van der Waals surface area contributed by atoms with Crippen molar-refractivity contribution in [1.29, 1.82) is 0 Å². The maximum absolute atomic E-state index is 12.3. The van der Waals surface area contributed by atoms with Crippen LogP contribution in [0.25, 0.3) is 0 Å². The minimum absolute atomic E-state index is 0.0388. The summed E-state index contributed by atoms with van der Waals surface area (Å²) in [4.78, 5) is 16.4. The van der Waals surface area contributed by atoms with Gasteiger partial charge in [-0.15, -0.1) is 0 Å². The molecule has 6 nitrogen and oxygen atoms in total. The van der Waals surface area contributed by atoms with E-state index in [2.05, 4.69) is 46.3 Å². The monoisotopic (exact) mass is 285 g/mol. The van der Waals surface area contributed by atoms with Crippen LogP contribution in [0.15, 0.2) is 30.3 Å². The predicted octanol–water partition coefficient (Wildman–Crippen LogP) is 1.26. The Morgan fingerprint density at radius 2 is 2.00 bits per heavy atom. The highest BCUT2D eigenvalue weighted by atomic mass is 16.2. The fourth-order valence-electron chi connectivity index (χ4n) is 2.61. The normalized spacial score (nSPS) is 15.3. The number of aryl methyl sites for hydroxylation is 1. The van der Waals surface area contributed by atoms with E-state index in [9.17, 15) is 4.79 Å². The number of nitrogens with one attached hydrogen (secondary N) is 1. The van der Waals surface area contributed by atoms with Crippen molar-refractivity contribution < 1.29 is 4.79 Å². The quantitative estimate of drug-likeness (QED) is 0.871. The van der Waals surface area contributed by atoms with Crippen molar-refractivity contribution in [2.24, 2.45) is 0 Å². The molecule has 0 bridgehead atoms. The lowest BCUT2D eigenvalue weighted by molar-refractivity contribution is 0.0741. The highest BCUT2D eigenvalue weighted by Crippen LogP contribution is 2.18. The standard InChI is InChI=1S/C15H19N5O/c1-11-3-2-4-12(9-11)19-5-7-20(8-6-19)15(21)13-10-14(16)18-17-13/h2-4,9-10H,5-8H2,1H3,(H3,16,17,18). The Hall–Kier alpha value is -2.50. The second-order valence-electron chi connectivity index (χ2n) is 5.32. The number of benzene rings is 1. The van der Waals surface area contributed by atoms with Gasteiger partial charge in [-0.1, -0.05) is 12.1 Å². The number of anilines is 2. The van der Waals surface area contributed by atoms with Crippen LogP contribution in [0.1, 0.15) is 16.1 Å². The molecule has 2 aromatic rings. The zero-order valence-electron chi connectivity index (χ0n) is 12.0. The highest BCUT2D eigenvalue weighted by molar-refractivity contribution is 5.93. The number of carbonyl (C=O) groups is 1. The molecular formula is C15H19N5O. The Kier molecular flexibility index (Phi) is 3.51. The molecule has 1 amide bonds. The molecule has 1 saturated heterocycles. The molecule has 1 aliphatic heterocycles. The fourth-order valence-corrected chi connectivity index (χ4v) is 2.61.